The summed E-state index contributed by atoms with van der Waals surface area (Å²) in [6.45, 7) is 6.09. The fourth-order valence-electron chi connectivity index (χ4n) is 1.60. The summed E-state index contributed by atoms with van der Waals surface area (Å²) in [5.41, 5.74) is 1.42. The van der Waals surface area contributed by atoms with Crippen molar-refractivity contribution in [1.29, 1.82) is 0 Å². The van der Waals surface area contributed by atoms with E-state index in [9.17, 15) is 0 Å². The molecule has 0 bridgehead atoms. The van der Waals surface area contributed by atoms with Crippen LogP contribution in [0.3, 0.4) is 0 Å². The zero-order valence-corrected chi connectivity index (χ0v) is 10.1. The fraction of sp³-hybridized carbons (Fsp3) is 0.500. The van der Waals surface area contributed by atoms with Crippen molar-refractivity contribution in [2.75, 3.05) is 0 Å². The second-order valence-corrected chi connectivity index (χ2v) is 3.95. The van der Waals surface area contributed by atoms with E-state index in [2.05, 4.69) is 13.8 Å². The van der Waals surface area contributed by atoms with Gasteiger partial charge in [-0.3, -0.25) is 0 Å². The molecule has 0 aliphatic heterocycles. The molecule has 4 heteroatoms. The Hall–Kier alpha value is -0.995. The highest BCUT2D eigenvalue weighted by atomic mass is 16.5. The van der Waals surface area contributed by atoms with Crippen LogP contribution in [0.4, 0.5) is 0 Å². The Kier molecular flexibility index (Phi) is 4.84. The molecule has 0 aromatic heterocycles. The van der Waals surface area contributed by atoms with Gasteiger partial charge in [0.1, 0.15) is 5.75 Å². The van der Waals surface area contributed by atoms with E-state index in [1.165, 1.54) is 0 Å². The number of hydrogen-bond donors (Lipinski definition) is 2. The topological polar surface area (TPSA) is 49.7 Å². The lowest BCUT2D eigenvalue weighted by Crippen LogP contribution is -2.30. The molecule has 0 aliphatic rings. The van der Waals surface area contributed by atoms with Gasteiger partial charge in [0, 0.05) is 0 Å². The van der Waals surface area contributed by atoms with Crippen molar-refractivity contribution in [1.82, 2.24) is 0 Å². The van der Waals surface area contributed by atoms with Crippen LogP contribution in [0, 0.1) is 6.92 Å². The lowest BCUT2D eigenvalue weighted by atomic mass is 9.79. The lowest BCUT2D eigenvalue weighted by molar-refractivity contribution is 0.191. The minimum Gasteiger partial charge on any atom is -0.490 e. The van der Waals surface area contributed by atoms with Gasteiger partial charge in [0.25, 0.3) is 0 Å². The smallest absolute Gasteiger partial charge is 0.488 e. The highest BCUT2D eigenvalue weighted by Gasteiger charge is 2.13. The number of aryl methyl sites for hydroxylation is 1. The van der Waals surface area contributed by atoms with Gasteiger partial charge in [-0.05, 0) is 36.9 Å². The van der Waals surface area contributed by atoms with Gasteiger partial charge in [-0.2, -0.15) is 0 Å². The first-order valence-electron chi connectivity index (χ1n) is 5.71. The minimum absolute atomic E-state index is 0.226. The predicted octanol–water partition coefficient (Wildman–Crippen LogP) is 1.24. The van der Waals surface area contributed by atoms with Crippen LogP contribution in [0.15, 0.2) is 18.2 Å². The van der Waals surface area contributed by atoms with Gasteiger partial charge in [0.05, 0.1) is 6.10 Å². The number of benzene rings is 1. The second kappa shape index (κ2) is 5.92. The second-order valence-electron chi connectivity index (χ2n) is 3.95. The van der Waals surface area contributed by atoms with Crippen LogP contribution in [-0.2, 0) is 0 Å². The van der Waals surface area contributed by atoms with Crippen LogP contribution in [0.2, 0.25) is 0 Å². The third-order valence-corrected chi connectivity index (χ3v) is 2.70. The number of hydrogen-bond acceptors (Lipinski definition) is 3. The standard InChI is InChI=1S/C12H19BO3/c1-4-11(5-2)16-12-7-6-10(13(14)15)8-9(12)3/h6-8,11,14-15H,4-5H2,1-3H3. The van der Waals surface area contributed by atoms with E-state index in [1.54, 1.807) is 18.2 Å². The largest absolute Gasteiger partial charge is 0.490 e. The van der Waals surface area contributed by atoms with Crippen LogP contribution >= 0.6 is 0 Å². The van der Waals surface area contributed by atoms with E-state index in [1.807, 2.05) is 6.92 Å². The van der Waals surface area contributed by atoms with Crippen LogP contribution in [-0.4, -0.2) is 23.3 Å². The molecular formula is C12H19BO3. The van der Waals surface area contributed by atoms with E-state index in [0.29, 0.717) is 5.46 Å². The monoisotopic (exact) mass is 222 g/mol. The molecule has 0 saturated heterocycles. The molecule has 1 aromatic carbocycles. The van der Waals surface area contributed by atoms with E-state index < -0.39 is 7.12 Å². The van der Waals surface area contributed by atoms with E-state index in [0.717, 1.165) is 24.2 Å². The molecule has 0 spiro atoms. The first-order valence-corrected chi connectivity index (χ1v) is 5.71. The summed E-state index contributed by atoms with van der Waals surface area (Å²) in [4.78, 5) is 0. The quantitative estimate of drug-likeness (QED) is 0.737. The van der Waals surface area contributed by atoms with E-state index in [4.69, 9.17) is 14.8 Å². The summed E-state index contributed by atoms with van der Waals surface area (Å²) >= 11 is 0. The highest BCUT2D eigenvalue weighted by Crippen LogP contribution is 2.19. The zero-order valence-electron chi connectivity index (χ0n) is 10.1. The average Bonchev–Trinajstić information content (AvgIpc) is 2.27. The third-order valence-electron chi connectivity index (χ3n) is 2.70. The summed E-state index contributed by atoms with van der Waals surface area (Å²) in [5.74, 6) is 0.818. The molecule has 0 atom stereocenters. The fourth-order valence-corrected chi connectivity index (χ4v) is 1.60. The Morgan fingerprint density at radius 2 is 1.88 bits per heavy atom. The van der Waals surface area contributed by atoms with Gasteiger partial charge < -0.3 is 14.8 Å². The van der Waals surface area contributed by atoms with Crippen LogP contribution in [0.25, 0.3) is 0 Å². The Balaban J connectivity index is 2.82. The Bertz CT molecular complexity index is 335. The molecule has 1 aromatic rings. The Labute approximate surface area is 97.2 Å². The Morgan fingerprint density at radius 1 is 1.25 bits per heavy atom. The summed E-state index contributed by atoms with van der Waals surface area (Å²) in [5, 5.41) is 18.1. The van der Waals surface area contributed by atoms with Gasteiger partial charge in [-0.25, -0.2) is 0 Å². The molecule has 0 saturated carbocycles. The van der Waals surface area contributed by atoms with Gasteiger partial charge in [0.15, 0.2) is 0 Å². The number of ether oxygens (including phenoxy) is 1. The molecule has 88 valence electrons. The maximum Gasteiger partial charge on any atom is 0.488 e. The minimum atomic E-state index is -1.42. The van der Waals surface area contributed by atoms with Crippen molar-refractivity contribution in [3.63, 3.8) is 0 Å². The summed E-state index contributed by atoms with van der Waals surface area (Å²) < 4.78 is 5.82. The molecule has 0 unspecified atom stereocenters. The lowest BCUT2D eigenvalue weighted by Gasteiger charge is -2.17. The maximum absolute atomic E-state index is 9.03. The molecule has 0 fully saturated rings. The van der Waals surface area contributed by atoms with Gasteiger partial charge in [-0.15, -0.1) is 0 Å². The highest BCUT2D eigenvalue weighted by molar-refractivity contribution is 6.58. The van der Waals surface area contributed by atoms with Crippen LogP contribution < -0.4 is 10.2 Å². The average molecular weight is 222 g/mol. The molecule has 3 nitrogen and oxygen atoms in total. The Morgan fingerprint density at radius 3 is 2.31 bits per heavy atom. The van der Waals surface area contributed by atoms with Crippen molar-refractivity contribution in [3.8, 4) is 5.75 Å². The molecule has 16 heavy (non-hydrogen) atoms. The van der Waals surface area contributed by atoms with Crippen molar-refractivity contribution < 1.29 is 14.8 Å². The van der Waals surface area contributed by atoms with Gasteiger partial charge in [-0.1, -0.05) is 26.0 Å². The van der Waals surface area contributed by atoms with Crippen molar-refractivity contribution in [2.45, 2.75) is 39.7 Å². The van der Waals surface area contributed by atoms with Gasteiger partial charge >= 0.3 is 7.12 Å². The van der Waals surface area contributed by atoms with Crippen molar-refractivity contribution in [3.05, 3.63) is 23.8 Å². The van der Waals surface area contributed by atoms with Crippen molar-refractivity contribution in [2.24, 2.45) is 0 Å². The third kappa shape index (κ3) is 3.25. The van der Waals surface area contributed by atoms with Crippen LogP contribution in [0.1, 0.15) is 32.3 Å². The molecule has 2 N–H and O–H groups in total. The molecule has 1 rings (SSSR count). The first-order chi connectivity index (χ1) is 7.58. The first kappa shape index (κ1) is 13.1. The maximum atomic E-state index is 9.03. The summed E-state index contributed by atoms with van der Waals surface area (Å²) in [6.07, 6.45) is 2.17. The molecule has 0 radical (unpaired) electrons. The zero-order chi connectivity index (χ0) is 12.1. The molecule has 0 aliphatic carbocycles. The molecule has 0 amide bonds. The predicted molar refractivity (Wildman–Crippen MR) is 66.0 cm³/mol. The summed E-state index contributed by atoms with van der Waals surface area (Å²) in [7, 11) is -1.42. The SMILES string of the molecule is CCC(CC)Oc1ccc(B(O)O)cc1C. The van der Waals surface area contributed by atoms with Crippen LogP contribution in [0.5, 0.6) is 5.75 Å². The molecular weight excluding hydrogens is 203 g/mol. The van der Waals surface area contributed by atoms with Gasteiger partial charge in [0.2, 0.25) is 0 Å². The number of rotatable bonds is 5. The van der Waals surface area contributed by atoms with Crippen molar-refractivity contribution >= 4 is 12.6 Å². The molecule has 0 heterocycles. The normalized spacial score (nSPS) is 10.6. The van der Waals surface area contributed by atoms with E-state index >= 15 is 0 Å². The summed E-state index contributed by atoms with van der Waals surface area (Å²) in [6, 6.07) is 5.21. The van der Waals surface area contributed by atoms with E-state index in [-0.39, 0.29) is 6.10 Å².